The molecule has 0 saturated heterocycles. The molecule has 0 bridgehead atoms. The Labute approximate surface area is 411 Å². The molecule has 0 spiro atoms. The summed E-state index contributed by atoms with van der Waals surface area (Å²) < 4.78 is 195. The highest BCUT2D eigenvalue weighted by Gasteiger charge is 2.68. The molecule has 388 valence electrons. The number of fused-ring (bicyclic) bond motifs is 4. The molecule has 5 aromatic rings. The molecule has 0 aliphatic heterocycles. The van der Waals surface area contributed by atoms with Gasteiger partial charge in [-0.05, 0) is 87.4 Å². The summed E-state index contributed by atoms with van der Waals surface area (Å²) in [6, 6.07) is 5.07. The number of sulfone groups is 1. The Morgan fingerprint density at radius 2 is 1.69 bits per heavy atom. The molecular weight excluding hydrogens is 1040 g/mol. The summed E-state index contributed by atoms with van der Waals surface area (Å²) in [7, 11) is -2.54. The Balaban J connectivity index is 1.46. The Morgan fingerprint density at radius 1 is 1.04 bits per heavy atom. The molecule has 4 atom stereocenters. The van der Waals surface area contributed by atoms with Crippen LogP contribution in [0, 0.1) is 29.4 Å². The smallest absolute Gasteiger partial charge is 0.346 e. The number of aromatic nitrogens is 5. The number of nitrogens with two attached hydrogens (primary N) is 1. The predicted molar refractivity (Wildman–Crippen MR) is 242 cm³/mol. The van der Waals surface area contributed by atoms with E-state index >= 15 is 8.78 Å². The summed E-state index contributed by atoms with van der Waals surface area (Å²) >= 11 is 3.50. The van der Waals surface area contributed by atoms with E-state index in [-0.39, 0.29) is 51.6 Å². The molecule has 1 saturated carbocycles. The maximum Gasteiger partial charge on any atom is 0.435 e. The number of rotatable bonds is 16. The van der Waals surface area contributed by atoms with E-state index in [0.29, 0.717) is 21.5 Å². The van der Waals surface area contributed by atoms with Gasteiger partial charge in [0, 0.05) is 48.5 Å². The van der Waals surface area contributed by atoms with Crippen LogP contribution in [-0.2, 0) is 62.3 Å². The van der Waals surface area contributed by atoms with Crippen molar-refractivity contribution in [2.24, 2.45) is 11.7 Å². The Morgan fingerprint density at radius 3 is 2.29 bits per heavy atom. The molecular formula is C44H42ClF10N9O6S2. The molecule has 2 aromatic carbocycles. The van der Waals surface area contributed by atoms with Gasteiger partial charge in [0.05, 0.1) is 27.7 Å². The molecule has 3 heterocycles. The second-order valence-corrected chi connectivity index (χ2v) is 21.6. The number of carbonyl (C=O) groups is 2. The largest absolute Gasteiger partial charge is 0.435 e. The number of amides is 2. The number of pyridine rings is 1. The minimum absolute atomic E-state index is 0.0867. The monoisotopic (exact) mass is 1080 g/mol. The molecule has 28 heteroatoms. The Bertz CT molecular complexity index is 3170. The van der Waals surface area contributed by atoms with Crippen molar-refractivity contribution in [1.82, 2.24) is 34.8 Å². The number of benzene rings is 2. The molecule has 2 unspecified atom stereocenters. The van der Waals surface area contributed by atoms with Crippen LogP contribution in [0.1, 0.15) is 72.6 Å². The first kappa shape index (κ1) is 54.0. The van der Waals surface area contributed by atoms with Gasteiger partial charge in [0.2, 0.25) is 11.8 Å². The molecule has 2 amide bonds. The molecule has 3 aromatic heterocycles. The lowest BCUT2D eigenvalue weighted by Gasteiger charge is -2.23. The van der Waals surface area contributed by atoms with Crippen LogP contribution >= 0.6 is 11.6 Å². The van der Waals surface area contributed by atoms with Crippen molar-refractivity contribution >= 4 is 61.2 Å². The highest BCUT2D eigenvalue weighted by atomic mass is 35.5. The molecule has 7 rings (SSSR count). The lowest BCUT2D eigenvalue weighted by molar-refractivity contribution is -0.143. The van der Waals surface area contributed by atoms with Crippen LogP contribution in [-0.4, -0.2) is 102 Å². The fraction of sp³-hybridized carbons (Fsp3) is 0.432. The minimum Gasteiger partial charge on any atom is -0.346 e. The van der Waals surface area contributed by atoms with Gasteiger partial charge in [0.1, 0.15) is 47.4 Å². The molecule has 1 fully saturated rings. The molecule has 15 nitrogen and oxygen atoms in total. The van der Waals surface area contributed by atoms with Crippen molar-refractivity contribution in [2.75, 3.05) is 37.2 Å². The number of alkyl halides is 8. The third kappa shape index (κ3) is 11.1. The maximum absolute atomic E-state index is 15.6. The van der Waals surface area contributed by atoms with E-state index in [2.05, 4.69) is 32.3 Å². The van der Waals surface area contributed by atoms with E-state index < -0.39 is 151 Å². The maximum atomic E-state index is 15.6. The number of carbonyl (C=O) groups excluding carboxylic acids is 2. The van der Waals surface area contributed by atoms with Crippen molar-refractivity contribution in [2.45, 2.75) is 81.2 Å². The number of hydrogen-bond donors (Lipinski definition) is 3. The van der Waals surface area contributed by atoms with E-state index in [1.165, 1.54) is 33.0 Å². The first-order valence-corrected chi connectivity index (χ1v) is 24.8. The van der Waals surface area contributed by atoms with Crippen molar-refractivity contribution < 1.29 is 70.7 Å². The van der Waals surface area contributed by atoms with Gasteiger partial charge in [-0.1, -0.05) is 23.6 Å². The van der Waals surface area contributed by atoms with E-state index in [4.69, 9.17) is 17.3 Å². The average Bonchev–Trinajstić information content (AvgIpc) is 3.77. The first-order valence-electron chi connectivity index (χ1n) is 21.5. The average molecular weight is 1080 g/mol. The summed E-state index contributed by atoms with van der Waals surface area (Å²) in [5.41, 5.74) is 0.0398. The topological polar surface area (TPSA) is 199 Å². The van der Waals surface area contributed by atoms with Crippen molar-refractivity contribution in [3.63, 3.8) is 0 Å². The van der Waals surface area contributed by atoms with Crippen molar-refractivity contribution in [3.8, 4) is 23.0 Å². The second kappa shape index (κ2) is 19.6. The highest BCUT2D eigenvalue weighted by molar-refractivity contribution is 7.92. The van der Waals surface area contributed by atoms with E-state index in [1.807, 2.05) is 0 Å². The lowest BCUT2D eigenvalue weighted by atomic mass is 9.93. The van der Waals surface area contributed by atoms with Gasteiger partial charge in [-0.3, -0.25) is 23.5 Å². The summed E-state index contributed by atoms with van der Waals surface area (Å²) in [5.74, 6) is -6.41. The molecule has 2 aliphatic carbocycles. The number of nitrogens with zero attached hydrogens (tertiary/aromatic N) is 7. The fourth-order valence-electron chi connectivity index (χ4n) is 8.33. The third-order valence-electron chi connectivity index (χ3n) is 12.1. The van der Waals surface area contributed by atoms with Crippen LogP contribution in [0.5, 0.6) is 0 Å². The van der Waals surface area contributed by atoms with Crippen LogP contribution < -0.4 is 15.4 Å². The normalized spacial score (nSPS) is 17.2. The van der Waals surface area contributed by atoms with Crippen LogP contribution in [0.4, 0.5) is 49.7 Å². The van der Waals surface area contributed by atoms with Crippen molar-refractivity contribution in [3.05, 3.63) is 93.0 Å². The van der Waals surface area contributed by atoms with Crippen molar-refractivity contribution in [1.29, 1.82) is 0 Å². The highest BCUT2D eigenvalue weighted by Crippen LogP contribution is 2.68. The zero-order chi connectivity index (χ0) is 53.2. The lowest BCUT2D eigenvalue weighted by Crippen LogP contribution is -2.40. The number of anilines is 1. The Kier molecular flexibility index (Phi) is 14.7. The van der Waals surface area contributed by atoms with E-state index in [1.54, 1.807) is 0 Å². The summed E-state index contributed by atoms with van der Waals surface area (Å²) in [6.07, 6.45) is -10.0. The van der Waals surface area contributed by atoms with Gasteiger partial charge >= 0.3 is 12.4 Å². The van der Waals surface area contributed by atoms with Gasteiger partial charge in [-0.25, -0.2) is 30.7 Å². The Hall–Kier alpha value is -5.82. The second-order valence-electron chi connectivity index (χ2n) is 17.7. The van der Waals surface area contributed by atoms with Crippen LogP contribution in [0.2, 0.25) is 5.02 Å². The summed E-state index contributed by atoms with van der Waals surface area (Å²) in [5, 5.41) is 9.07. The number of hydrogen-bond acceptors (Lipinski definition) is 9. The summed E-state index contributed by atoms with van der Waals surface area (Å²) in [6.45, 7) is -1.35. The standard InChI is InChI=1S/C44H42ClF10N9O6S2/c1-41(2,72(4,69)70)11-10-25-6-7-26(27-8-9-30(45)35-37(27)63(21-42(48,49)50)60-40(35)64(71(67)68)20-33(66)61(3)13-5-12-56)36(57-25)31(16-22-14-23(46)17-24(47)15-22)58-32(65)19-62-39-34(38(59-62)44(53,54)55)28-18-29(28)43(39,51)52/h6-9,14-15,17,28-29,31H,5,12-13,16,18-21,56H2,1-4H3,(H,58,65)(H,67,68)/t28-,29+,31?/m0/s1. The van der Waals surface area contributed by atoms with Gasteiger partial charge in [-0.15, -0.1) is 0 Å². The summed E-state index contributed by atoms with van der Waals surface area (Å²) in [4.78, 5) is 33.1. The van der Waals surface area contributed by atoms with Gasteiger partial charge in [0.25, 0.3) is 17.2 Å². The van der Waals surface area contributed by atoms with Crippen LogP contribution in [0.3, 0.4) is 0 Å². The van der Waals surface area contributed by atoms with E-state index in [0.717, 1.165) is 35.4 Å². The third-order valence-corrected chi connectivity index (χ3v) is 15.1. The minimum atomic E-state index is -5.21. The molecule has 0 radical (unpaired) electrons. The van der Waals surface area contributed by atoms with Crippen LogP contribution in [0.15, 0.2) is 42.5 Å². The number of halogens is 11. The zero-order valence-corrected chi connectivity index (χ0v) is 40.5. The SMILES string of the molecule is CN(CCCN)C(=O)CN(c1nn(CC(F)(F)F)c2c(-c3ccc(C#CC(C)(C)S(C)(=O)=O)nc3C(Cc3cc(F)cc(F)c3)NC(=O)Cn3nc(C(F)(F)F)c4c3C(F)(F)[C@@H]3C[C@H]43)ccc(Cl)c12)S(=O)O. The number of likely N-dealkylation sites (N-methyl/N-ethyl adjacent to an activating group) is 1. The van der Waals surface area contributed by atoms with Gasteiger partial charge in [0.15, 0.2) is 21.3 Å². The molecule has 2 aliphatic rings. The van der Waals surface area contributed by atoms with Gasteiger partial charge < -0.3 is 16.0 Å². The number of nitrogens with one attached hydrogen (secondary N) is 1. The fourth-order valence-corrected chi connectivity index (χ4v) is 9.30. The molecule has 72 heavy (non-hydrogen) atoms. The molecule has 4 N–H and O–H groups in total. The quantitative estimate of drug-likeness (QED) is 0.0524. The zero-order valence-electron chi connectivity index (χ0n) is 38.1. The first-order chi connectivity index (χ1) is 33.3. The van der Waals surface area contributed by atoms with Gasteiger partial charge in [-0.2, -0.15) is 45.3 Å². The van der Waals surface area contributed by atoms with E-state index in [9.17, 15) is 61.9 Å². The van der Waals surface area contributed by atoms with Crippen LogP contribution in [0.25, 0.3) is 22.0 Å². The predicted octanol–water partition coefficient (Wildman–Crippen LogP) is 7.04.